The third kappa shape index (κ3) is 1.08. The maximum Gasteiger partial charge on any atom is 0.411 e. The summed E-state index contributed by atoms with van der Waals surface area (Å²) in [5, 5.41) is 9.54. The molecule has 0 fully saturated rings. The Morgan fingerprint density at radius 3 is 3.33 bits per heavy atom. The van der Waals surface area contributed by atoms with Crippen LogP contribution in [0.5, 0.6) is 0 Å². The minimum atomic E-state index is -0.928. The van der Waals surface area contributed by atoms with Gasteiger partial charge in [0.25, 0.3) is 0 Å². The van der Waals surface area contributed by atoms with E-state index in [0.29, 0.717) is 6.54 Å². The summed E-state index contributed by atoms with van der Waals surface area (Å²) in [6.07, 6.45) is 4.21. The van der Waals surface area contributed by atoms with E-state index in [-0.39, 0.29) is 0 Å². The quantitative estimate of drug-likeness (QED) is 0.597. The van der Waals surface area contributed by atoms with Crippen LogP contribution in [0.2, 0.25) is 0 Å². The number of carboxylic acid groups (broad SMARTS) is 1. The van der Waals surface area contributed by atoms with Crippen molar-refractivity contribution in [1.82, 2.24) is 9.27 Å². The van der Waals surface area contributed by atoms with E-state index in [4.69, 9.17) is 5.11 Å². The van der Waals surface area contributed by atoms with Crippen LogP contribution >= 0.6 is 11.5 Å². The number of nitrogens with zero attached hydrogens (tertiary/aromatic N) is 2. The van der Waals surface area contributed by atoms with Crippen molar-refractivity contribution in [2.24, 2.45) is 0 Å². The molecule has 0 saturated carbocycles. The van der Waals surface area contributed by atoms with Gasteiger partial charge in [-0.3, -0.25) is 4.90 Å². The fourth-order valence-electron chi connectivity index (χ4n) is 1.04. The van der Waals surface area contributed by atoms with Gasteiger partial charge in [-0.25, -0.2) is 4.79 Å². The standard InChI is InChI=1S/C7H6N2O2S/c10-7(11)9-2-1-6-5(4-9)3-8-12-6/h1,3-4H,2H2,(H,10,11). The first-order chi connectivity index (χ1) is 5.77. The molecule has 5 heteroatoms. The van der Waals surface area contributed by atoms with E-state index < -0.39 is 6.09 Å². The summed E-state index contributed by atoms with van der Waals surface area (Å²) in [5.74, 6) is 0. The molecular weight excluding hydrogens is 176 g/mol. The molecule has 0 bridgehead atoms. The first-order valence-corrected chi connectivity index (χ1v) is 4.17. The molecule has 0 atom stereocenters. The number of aromatic nitrogens is 1. The molecule has 2 rings (SSSR count). The van der Waals surface area contributed by atoms with E-state index in [1.54, 1.807) is 12.4 Å². The van der Waals surface area contributed by atoms with Crippen molar-refractivity contribution in [3.8, 4) is 0 Å². The molecule has 12 heavy (non-hydrogen) atoms. The second kappa shape index (κ2) is 2.60. The predicted molar refractivity (Wildman–Crippen MR) is 45.0 cm³/mol. The zero-order valence-electron chi connectivity index (χ0n) is 6.10. The van der Waals surface area contributed by atoms with Crippen LogP contribution in [0.4, 0.5) is 4.79 Å². The summed E-state index contributed by atoms with van der Waals surface area (Å²) in [6, 6.07) is 0. The molecule has 1 amide bonds. The van der Waals surface area contributed by atoms with E-state index in [1.807, 2.05) is 6.08 Å². The van der Waals surface area contributed by atoms with Gasteiger partial charge >= 0.3 is 6.09 Å². The second-order valence-corrected chi connectivity index (χ2v) is 3.25. The predicted octanol–water partition coefficient (Wildman–Crippen LogP) is -0.345. The largest absolute Gasteiger partial charge is 0.465 e. The van der Waals surface area contributed by atoms with Crippen molar-refractivity contribution in [1.29, 1.82) is 0 Å². The van der Waals surface area contributed by atoms with E-state index in [9.17, 15) is 4.79 Å². The lowest BCUT2D eigenvalue weighted by atomic mass is 10.3. The van der Waals surface area contributed by atoms with Crippen LogP contribution in [0.3, 0.4) is 0 Å². The van der Waals surface area contributed by atoms with E-state index >= 15 is 0 Å². The monoisotopic (exact) mass is 182 g/mol. The highest BCUT2D eigenvalue weighted by Crippen LogP contribution is 1.94. The number of amides is 1. The lowest BCUT2D eigenvalue weighted by Gasteiger charge is -2.12. The van der Waals surface area contributed by atoms with Crippen molar-refractivity contribution in [2.75, 3.05) is 6.54 Å². The molecule has 0 aromatic carbocycles. The van der Waals surface area contributed by atoms with Crippen molar-refractivity contribution < 1.29 is 9.90 Å². The first-order valence-electron chi connectivity index (χ1n) is 3.39. The Balaban J connectivity index is 2.52. The molecule has 0 radical (unpaired) electrons. The number of hydrogen-bond acceptors (Lipinski definition) is 3. The summed E-state index contributed by atoms with van der Waals surface area (Å²) in [7, 11) is 0. The van der Waals surface area contributed by atoms with Crippen molar-refractivity contribution in [2.45, 2.75) is 0 Å². The van der Waals surface area contributed by atoms with Crippen LogP contribution < -0.4 is 9.75 Å². The number of fused-ring (bicyclic) bond motifs is 1. The molecule has 2 heterocycles. The minimum absolute atomic E-state index is 0.421. The Bertz CT molecular complexity index is 423. The molecule has 1 aromatic rings. The molecule has 1 N–H and O–H groups in total. The maximum atomic E-state index is 10.5. The van der Waals surface area contributed by atoms with Crippen LogP contribution in [0.15, 0.2) is 6.20 Å². The highest BCUT2D eigenvalue weighted by Gasteiger charge is 2.09. The molecule has 0 spiro atoms. The Morgan fingerprint density at radius 1 is 1.75 bits per heavy atom. The van der Waals surface area contributed by atoms with E-state index in [1.165, 1.54) is 16.4 Å². The molecule has 62 valence electrons. The lowest BCUT2D eigenvalue weighted by Crippen LogP contribution is -2.34. The Morgan fingerprint density at radius 2 is 2.58 bits per heavy atom. The number of rotatable bonds is 0. The van der Waals surface area contributed by atoms with Gasteiger partial charge in [-0.15, -0.1) is 0 Å². The normalized spacial score (nSPS) is 14.5. The third-order valence-electron chi connectivity index (χ3n) is 1.64. The number of carbonyl (C=O) groups is 1. The molecule has 1 aliphatic heterocycles. The van der Waals surface area contributed by atoms with Crippen LogP contribution in [0.25, 0.3) is 12.3 Å². The zero-order chi connectivity index (χ0) is 8.55. The van der Waals surface area contributed by atoms with Gasteiger partial charge in [0, 0.05) is 24.2 Å². The van der Waals surface area contributed by atoms with Gasteiger partial charge < -0.3 is 5.11 Å². The third-order valence-corrected chi connectivity index (χ3v) is 2.45. The SMILES string of the molecule is O=C(O)N1C=c2cnsc2=CC1. The molecule has 1 aliphatic rings. The fraction of sp³-hybridized carbons (Fsp3) is 0.143. The summed E-state index contributed by atoms with van der Waals surface area (Å²) in [4.78, 5) is 11.8. The van der Waals surface area contributed by atoms with E-state index in [2.05, 4.69) is 4.37 Å². The zero-order valence-corrected chi connectivity index (χ0v) is 6.91. The Hall–Kier alpha value is -1.36. The summed E-state index contributed by atoms with van der Waals surface area (Å²) in [5.41, 5.74) is 0. The lowest BCUT2D eigenvalue weighted by molar-refractivity contribution is 0.171. The van der Waals surface area contributed by atoms with Gasteiger partial charge in [0.15, 0.2) is 0 Å². The fourth-order valence-corrected chi connectivity index (χ4v) is 1.68. The molecule has 1 aromatic heterocycles. The van der Waals surface area contributed by atoms with Crippen LogP contribution in [-0.2, 0) is 0 Å². The van der Waals surface area contributed by atoms with Gasteiger partial charge in [-0.1, -0.05) is 0 Å². The average Bonchev–Trinajstić information content (AvgIpc) is 2.49. The topological polar surface area (TPSA) is 53.4 Å². The van der Waals surface area contributed by atoms with Crippen LogP contribution in [0.1, 0.15) is 0 Å². The summed E-state index contributed by atoms with van der Waals surface area (Å²) < 4.78 is 5.01. The minimum Gasteiger partial charge on any atom is -0.465 e. The molecular formula is C7H6N2O2S. The van der Waals surface area contributed by atoms with Gasteiger partial charge in [-0.2, -0.15) is 4.37 Å². The average molecular weight is 182 g/mol. The van der Waals surface area contributed by atoms with Gasteiger partial charge in [0.2, 0.25) is 0 Å². The van der Waals surface area contributed by atoms with Crippen molar-refractivity contribution in [3.05, 3.63) is 15.9 Å². The molecule has 0 saturated heterocycles. The van der Waals surface area contributed by atoms with E-state index in [0.717, 1.165) is 9.75 Å². The highest BCUT2D eigenvalue weighted by atomic mass is 32.1. The summed E-state index contributed by atoms with van der Waals surface area (Å²) >= 11 is 1.38. The smallest absolute Gasteiger partial charge is 0.411 e. The van der Waals surface area contributed by atoms with Crippen LogP contribution in [-0.4, -0.2) is 27.0 Å². The molecule has 0 aliphatic carbocycles. The van der Waals surface area contributed by atoms with Crippen molar-refractivity contribution >= 4 is 29.9 Å². The molecule has 0 unspecified atom stereocenters. The maximum absolute atomic E-state index is 10.5. The second-order valence-electron chi connectivity index (χ2n) is 2.41. The van der Waals surface area contributed by atoms with Gasteiger partial charge in [0.05, 0.1) is 4.53 Å². The Labute approximate surface area is 72.2 Å². The van der Waals surface area contributed by atoms with Gasteiger partial charge in [0.1, 0.15) is 0 Å². The van der Waals surface area contributed by atoms with Crippen LogP contribution in [0, 0.1) is 0 Å². The number of hydrogen-bond donors (Lipinski definition) is 1. The summed E-state index contributed by atoms with van der Waals surface area (Å²) in [6.45, 7) is 0.421. The first kappa shape index (κ1) is 7.30. The van der Waals surface area contributed by atoms with Crippen molar-refractivity contribution in [3.63, 3.8) is 0 Å². The Kier molecular flexibility index (Phi) is 1.58. The molecule has 4 nitrogen and oxygen atoms in total. The highest BCUT2D eigenvalue weighted by molar-refractivity contribution is 7.03. The van der Waals surface area contributed by atoms with Gasteiger partial charge in [-0.05, 0) is 17.6 Å².